The first-order valence-corrected chi connectivity index (χ1v) is 11.3. The molecule has 0 heterocycles. The standard InChI is InChI=1S/C17H25FN2O3S2/c1-13(17(21)19-11-12-24-16-5-3-4-6-16)20(25(2,22)23)15-9-7-14(18)8-10-15/h7-10,13,16H,3-6,11-12H2,1-2H3,(H,19,21)/t13-/m1/s1. The van der Waals surface area contributed by atoms with Crippen LogP contribution in [0.15, 0.2) is 24.3 Å². The maximum absolute atomic E-state index is 13.1. The van der Waals surface area contributed by atoms with E-state index < -0.39 is 21.9 Å². The van der Waals surface area contributed by atoms with Gasteiger partial charge in [-0.2, -0.15) is 11.8 Å². The van der Waals surface area contributed by atoms with Crippen molar-refractivity contribution in [2.24, 2.45) is 0 Å². The zero-order valence-corrected chi connectivity index (χ0v) is 16.2. The van der Waals surface area contributed by atoms with Gasteiger partial charge in [-0.05, 0) is 44.0 Å². The average molecular weight is 389 g/mol. The number of nitrogens with zero attached hydrogens (tertiary/aromatic N) is 1. The van der Waals surface area contributed by atoms with Crippen LogP contribution in [0.3, 0.4) is 0 Å². The van der Waals surface area contributed by atoms with E-state index in [1.54, 1.807) is 0 Å². The van der Waals surface area contributed by atoms with Crippen LogP contribution >= 0.6 is 11.8 Å². The smallest absolute Gasteiger partial charge is 0.243 e. The Hall–Kier alpha value is -1.28. The number of nitrogens with one attached hydrogen (secondary N) is 1. The van der Waals surface area contributed by atoms with Crippen molar-refractivity contribution < 1.29 is 17.6 Å². The van der Waals surface area contributed by atoms with Gasteiger partial charge >= 0.3 is 0 Å². The van der Waals surface area contributed by atoms with Crippen LogP contribution < -0.4 is 9.62 Å². The fraction of sp³-hybridized carbons (Fsp3) is 0.588. The largest absolute Gasteiger partial charge is 0.353 e. The molecule has 1 atom stereocenters. The van der Waals surface area contributed by atoms with E-state index in [1.807, 2.05) is 11.8 Å². The Morgan fingerprint density at radius 3 is 2.48 bits per heavy atom. The number of hydrogen-bond acceptors (Lipinski definition) is 4. The van der Waals surface area contributed by atoms with Crippen molar-refractivity contribution in [2.45, 2.75) is 43.9 Å². The molecular formula is C17H25FN2O3S2. The summed E-state index contributed by atoms with van der Waals surface area (Å²) in [4.78, 5) is 12.4. The number of amides is 1. The highest BCUT2D eigenvalue weighted by atomic mass is 32.2. The second kappa shape index (κ2) is 8.89. The van der Waals surface area contributed by atoms with Gasteiger partial charge in [0.2, 0.25) is 15.9 Å². The number of carbonyl (C=O) groups excluding carboxylic acids is 1. The van der Waals surface area contributed by atoms with E-state index in [4.69, 9.17) is 0 Å². The zero-order valence-electron chi connectivity index (χ0n) is 14.6. The number of carbonyl (C=O) groups is 1. The topological polar surface area (TPSA) is 66.5 Å². The van der Waals surface area contributed by atoms with E-state index in [1.165, 1.54) is 56.9 Å². The summed E-state index contributed by atoms with van der Waals surface area (Å²) in [6, 6.07) is 4.16. The first kappa shape index (κ1) is 20.0. The minimum Gasteiger partial charge on any atom is -0.353 e. The van der Waals surface area contributed by atoms with E-state index in [0.717, 1.165) is 16.3 Å². The van der Waals surface area contributed by atoms with Gasteiger partial charge in [0.25, 0.3) is 0 Å². The molecule has 140 valence electrons. The van der Waals surface area contributed by atoms with Gasteiger partial charge in [-0.15, -0.1) is 0 Å². The molecule has 0 aliphatic heterocycles. The summed E-state index contributed by atoms with van der Waals surface area (Å²) in [5.74, 6) is -0.00142. The molecule has 1 aliphatic carbocycles. The third kappa shape index (κ3) is 5.88. The van der Waals surface area contributed by atoms with Crippen LogP contribution in [0.4, 0.5) is 10.1 Å². The van der Waals surface area contributed by atoms with Crippen LogP contribution in [-0.2, 0) is 14.8 Å². The molecule has 0 aromatic heterocycles. The van der Waals surface area contributed by atoms with E-state index in [2.05, 4.69) is 5.32 Å². The predicted octanol–water partition coefficient (Wildman–Crippen LogP) is 2.77. The lowest BCUT2D eigenvalue weighted by atomic mass is 10.2. The third-order valence-electron chi connectivity index (χ3n) is 4.23. The molecule has 0 radical (unpaired) electrons. The molecule has 25 heavy (non-hydrogen) atoms. The van der Waals surface area contributed by atoms with Gasteiger partial charge < -0.3 is 5.32 Å². The van der Waals surface area contributed by atoms with Crippen LogP contribution in [0.5, 0.6) is 0 Å². The molecule has 2 rings (SSSR count). The first-order chi connectivity index (χ1) is 11.8. The number of thioether (sulfide) groups is 1. The van der Waals surface area contributed by atoms with Crippen LogP contribution in [0, 0.1) is 5.82 Å². The molecule has 8 heteroatoms. The average Bonchev–Trinajstić information content (AvgIpc) is 3.05. The zero-order chi connectivity index (χ0) is 18.4. The second-order valence-corrected chi connectivity index (χ2v) is 9.55. The summed E-state index contributed by atoms with van der Waals surface area (Å²) < 4.78 is 38.3. The van der Waals surface area contributed by atoms with E-state index >= 15 is 0 Å². The number of rotatable bonds is 8. The van der Waals surface area contributed by atoms with Gasteiger partial charge in [0.05, 0.1) is 11.9 Å². The Kier molecular flexibility index (Phi) is 7.13. The molecule has 1 N–H and O–H groups in total. The van der Waals surface area contributed by atoms with Crippen molar-refractivity contribution in [3.8, 4) is 0 Å². The van der Waals surface area contributed by atoms with Crippen molar-refractivity contribution in [1.82, 2.24) is 5.32 Å². The van der Waals surface area contributed by atoms with Gasteiger partial charge in [0, 0.05) is 17.5 Å². The molecule has 1 saturated carbocycles. The Morgan fingerprint density at radius 2 is 1.92 bits per heavy atom. The Labute approximate surface area is 153 Å². The van der Waals surface area contributed by atoms with Crippen molar-refractivity contribution in [1.29, 1.82) is 0 Å². The first-order valence-electron chi connectivity index (χ1n) is 8.43. The Morgan fingerprint density at radius 1 is 1.32 bits per heavy atom. The molecule has 0 spiro atoms. The lowest BCUT2D eigenvalue weighted by Gasteiger charge is -2.28. The van der Waals surface area contributed by atoms with Crippen LogP contribution in [0.1, 0.15) is 32.6 Å². The summed E-state index contributed by atoms with van der Waals surface area (Å²) in [5.41, 5.74) is 0.270. The lowest BCUT2D eigenvalue weighted by molar-refractivity contribution is -0.121. The quantitative estimate of drug-likeness (QED) is 0.696. The molecular weight excluding hydrogens is 363 g/mol. The van der Waals surface area contributed by atoms with Gasteiger partial charge in [-0.25, -0.2) is 12.8 Å². The Balaban J connectivity index is 1.94. The molecule has 1 fully saturated rings. The van der Waals surface area contributed by atoms with Gasteiger partial charge in [-0.3, -0.25) is 9.10 Å². The summed E-state index contributed by atoms with van der Waals surface area (Å²) in [5, 5.41) is 3.48. The maximum Gasteiger partial charge on any atom is 0.243 e. The fourth-order valence-corrected chi connectivity index (χ4v) is 5.39. The van der Waals surface area contributed by atoms with E-state index in [0.29, 0.717) is 11.8 Å². The number of sulfonamides is 1. The lowest BCUT2D eigenvalue weighted by Crippen LogP contribution is -2.48. The summed E-state index contributed by atoms with van der Waals surface area (Å²) >= 11 is 1.86. The number of hydrogen-bond donors (Lipinski definition) is 1. The van der Waals surface area contributed by atoms with Gasteiger partial charge in [-0.1, -0.05) is 12.8 Å². The molecule has 1 amide bonds. The van der Waals surface area contributed by atoms with Crippen LogP contribution in [-0.4, -0.2) is 44.2 Å². The highest BCUT2D eigenvalue weighted by Gasteiger charge is 2.29. The monoisotopic (exact) mass is 388 g/mol. The fourth-order valence-electron chi connectivity index (χ4n) is 3.00. The third-order valence-corrected chi connectivity index (χ3v) is 6.85. The molecule has 1 aromatic carbocycles. The number of benzene rings is 1. The number of anilines is 1. The molecule has 1 aromatic rings. The van der Waals surface area contributed by atoms with E-state index in [9.17, 15) is 17.6 Å². The van der Waals surface area contributed by atoms with E-state index in [-0.39, 0.29) is 11.6 Å². The van der Waals surface area contributed by atoms with Gasteiger partial charge in [0.15, 0.2) is 0 Å². The summed E-state index contributed by atoms with van der Waals surface area (Å²) in [7, 11) is -3.67. The molecule has 0 unspecified atom stereocenters. The van der Waals surface area contributed by atoms with Crippen LogP contribution in [0.2, 0.25) is 0 Å². The number of halogens is 1. The highest BCUT2D eigenvalue weighted by Crippen LogP contribution is 2.29. The molecule has 1 aliphatic rings. The molecule has 5 nitrogen and oxygen atoms in total. The van der Waals surface area contributed by atoms with Crippen molar-refractivity contribution in [3.63, 3.8) is 0 Å². The minimum atomic E-state index is -3.67. The normalized spacial score (nSPS) is 16.6. The summed E-state index contributed by atoms with van der Waals surface area (Å²) in [6.07, 6.45) is 6.07. The van der Waals surface area contributed by atoms with Crippen molar-refractivity contribution in [3.05, 3.63) is 30.1 Å². The predicted molar refractivity (Wildman–Crippen MR) is 101 cm³/mol. The molecule has 0 bridgehead atoms. The minimum absolute atomic E-state index is 0.270. The highest BCUT2D eigenvalue weighted by molar-refractivity contribution is 7.99. The van der Waals surface area contributed by atoms with Gasteiger partial charge in [0.1, 0.15) is 11.9 Å². The SMILES string of the molecule is C[C@H](C(=O)NCCSC1CCCC1)N(c1ccc(F)cc1)S(C)(=O)=O. The van der Waals surface area contributed by atoms with Crippen LogP contribution in [0.25, 0.3) is 0 Å². The van der Waals surface area contributed by atoms with Crippen molar-refractivity contribution in [2.75, 3.05) is 22.9 Å². The Bertz CT molecular complexity index is 674. The maximum atomic E-state index is 13.1. The molecule has 0 saturated heterocycles. The summed E-state index contributed by atoms with van der Waals surface area (Å²) in [6.45, 7) is 2.04. The second-order valence-electron chi connectivity index (χ2n) is 6.28. The van der Waals surface area contributed by atoms with Crippen molar-refractivity contribution >= 4 is 33.4 Å².